The van der Waals surface area contributed by atoms with Crippen molar-refractivity contribution in [1.29, 1.82) is 0 Å². The first-order chi connectivity index (χ1) is 11.2. The van der Waals surface area contributed by atoms with E-state index in [9.17, 15) is 27.2 Å². The van der Waals surface area contributed by atoms with Crippen LogP contribution >= 0.6 is 11.8 Å². The molecule has 0 aliphatic carbocycles. The number of halogens is 4. The standard InChI is InChI=1S/C17H12F4O2S/c1-24-13-8-4-11(5-9-13)15(22)14(16(23)17(19,20)21)10-2-6-12(18)7-3-10/h2-9,14H,1H3. The smallest absolute Gasteiger partial charge is 0.293 e. The van der Waals surface area contributed by atoms with Crippen molar-refractivity contribution in [2.24, 2.45) is 0 Å². The summed E-state index contributed by atoms with van der Waals surface area (Å²) in [5, 5.41) is 0. The van der Waals surface area contributed by atoms with Crippen LogP contribution < -0.4 is 0 Å². The van der Waals surface area contributed by atoms with Crippen LogP contribution in [-0.4, -0.2) is 24.0 Å². The van der Waals surface area contributed by atoms with Gasteiger partial charge in [0, 0.05) is 10.5 Å². The third kappa shape index (κ3) is 4.03. The van der Waals surface area contributed by atoms with Gasteiger partial charge in [-0.2, -0.15) is 13.2 Å². The number of benzene rings is 2. The second kappa shape index (κ2) is 7.17. The van der Waals surface area contributed by atoms with E-state index in [1.807, 2.05) is 6.26 Å². The maximum absolute atomic E-state index is 13.0. The summed E-state index contributed by atoms with van der Waals surface area (Å²) in [6.07, 6.45) is -3.36. The fraction of sp³-hybridized carbons (Fsp3) is 0.176. The minimum Gasteiger partial charge on any atom is -0.293 e. The highest BCUT2D eigenvalue weighted by atomic mass is 32.2. The number of carbonyl (C=O) groups is 2. The number of hydrogen-bond acceptors (Lipinski definition) is 3. The van der Waals surface area contributed by atoms with Gasteiger partial charge in [0.2, 0.25) is 0 Å². The third-order valence-corrected chi connectivity index (χ3v) is 4.13. The first-order valence-electron chi connectivity index (χ1n) is 6.79. The zero-order valence-electron chi connectivity index (χ0n) is 12.4. The minimum absolute atomic E-state index is 0.0141. The van der Waals surface area contributed by atoms with Gasteiger partial charge in [-0.05, 0) is 36.1 Å². The Hall–Kier alpha value is -2.15. The van der Waals surface area contributed by atoms with Crippen LogP contribution in [0, 0.1) is 5.82 Å². The van der Waals surface area contributed by atoms with E-state index in [1.54, 1.807) is 12.1 Å². The summed E-state index contributed by atoms with van der Waals surface area (Å²) in [5.41, 5.74) is -0.211. The van der Waals surface area contributed by atoms with Gasteiger partial charge in [-0.15, -0.1) is 11.8 Å². The highest BCUT2D eigenvalue weighted by Gasteiger charge is 2.47. The molecular weight excluding hydrogens is 344 g/mol. The first kappa shape index (κ1) is 18.2. The Bertz CT molecular complexity index is 737. The van der Waals surface area contributed by atoms with Gasteiger partial charge >= 0.3 is 6.18 Å². The number of hydrogen-bond donors (Lipinski definition) is 0. The molecule has 1 atom stereocenters. The normalized spacial score (nSPS) is 12.7. The fourth-order valence-corrected chi connectivity index (χ4v) is 2.57. The zero-order valence-corrected chi connectivity index (χ0v) is 13.2. The van der Waals surface area contributed by atoms with E-state index in [0.717, 1.165) is 29.2 Å². The van der Waals surface area contributed by atoms with Gasteiger partial charge in [0.1, 0.15) is 11.7 Å². The largest absolute Gasteiger partial charge is 0.451 e. The lowest BCUT2D eigenvalue weighted by Crippen LogP contribution is -2.33. The minimum atomic E-state index is -5.17. The van der Waals surface area contributed by atoms with Crippen LogP contribution in [0.4, 0.5) is 17.6 Å². The van der Waals surface area contributed by atoms with E-state index < -0.39 is 29.5 Å². The number of carbonyl (C=O) groups excluding carboxylic acids is 2. The molecule has 2 nitrogen and oxygen atoms in total. The molecule has 0 aliphatic rings. The van der Waals surface area contributed by atoms with Crippen molar-refractivity contribution in [3.63, 3.8) is 0 Å². The first-order valence-corrected chi connectivity index (χ1v) is 8.01. The van der Waals surface area contributed by atoms with Crippen LogP contribution in [0.25, 0.3) is 0 Å². The maximum Gasteiger partial charge on any atom is 0.451 e. The number of Topliss-reactive ketones (excluding diaryl/α,β-unsaturated/α-hetero) is 2. The summed E-state index contributed by atoms with van der Waals surface area (Å²) in [6.45, 7) is 0. The molecule has 0 spiro atoms. The van der Waals surface area contributed by atoms with Gasteiger partial charge in [-0.25, -0.2) is 4.39 Å². The Labute approximate surface area is 139 Å². The molecule has 0 fully saturated rings. The van der Waals surface area contributed by atoms with E-state index in [1.165, 1.54) is 23.9 Å². The van der Waals surface area contributed by atoms with Crippen molar-refractivity contribution in [3.05, 3.63) is 65.5 Å². The van der Waals surface area contributed by atoms with E-state index >= 15 is 0 Å². The molecule has 7 heteroatoms. The van der Waals surface area contributed by atoms with Gasteiger partial charge in [-0.1, -0.05) is 24.3 Å². The van der Waals surface area contributed by atoms with Gasteiger partial charge < -0.3 is 0 Å². The van der Waals surface area contributed by atoms with Gasteiger partial charge in [0.25, 0.3) is 5.78 Å². The molecule has 0 saturated heterocycles. The Kier molecular flexibility index (Phi) is 5.43. The summed E-state index contributed by atoms with van der Waals surface area (Å²) in [5.74, 6) is -5.87. The van der Waals surface area contributed by atoms with E-state index in [2.05, 4.69) is 0 Å². The lowest BCUT2D eigenvalue weighted by atomic mass is 9.87. The second-order valence-electron chi connectivity index (χ2n) is 4.94. The fourth-order valence-electron chi connectivity index (χ4n) is 2.16. The summed E-state index contributed by atoms with van der Waals surface area (Å²) in [4.78, 5) is 25.1. The molecule has 1 unspecified atom stereocenters. The number of alkyl halides is 3. The molecule has 0 amide bonds. The highest BCUT2D eigenvalue weighted by molar-refractivity contribution is 7.98. The van der Waals surface area contributed by atoms with E-state index in [-0.39, 0.29) is 11.1 Å². The van der Waals surface area contributed by atoms with Crippen molar-refractivity contribution in [2.45, 2.75) is 17.0 Å². The Morgan fingerprint density at radius 2 is 1.50 bits per heavy atom. The van der Waals surface area contributed by atoms with Gasteiger partial charge in [-0.3, -0.25) is 9.59 Å². The molecular formula is C17H12F4O2S. The average Bonchev–Trinajstić information content (AvgIpc) is 2.56. The second-order valence-corrected chi connectivity index (χ2v) is 5.82. The van der Waals surface area contributed by atoms with Crippen LogP contribution in [0.2, 0.25) is 0 Å². The van der Waals surface area contributed by atoms with Crippen molar-refractivity contribution in [3.8, 4) is 0 Å². The Morgan fingerprint density at radius 1 is 0.958 bits per heavy atom. The lowest BCUT2D eigenvalue weighted by molar-refractivity contribution is -0.171. The number of thioether (sulfide) groups is 1. The molecule has 0 heterocycles. The highest BCUT2D eigenvalue weighted by Crippen LogP contribution is 2.31. The van der Waals surface area contributed by atoms with Gasteiger partial charge in [0.05, 0.1) is 0 Å². The average molecular weight is 356 g/mol. The number of ketones is 2. The predicted octanol–water partition coefficient (Wildman–Crippen LogP) is 4.65. The van der Waals surface area contributed by atoms with Crippen molar-refractivity contribution >= 4 is 23.3 Å². The topological polar surface area (TPSA) is 34.1 Å². The van der Waals surface area contributed by atoms with Crippen molar-refractivity contribution < 1.29 is 27.2 Å². The van der Waals surface area contributed by atoms with Crippen LogP contribution in [-0.2, 0) is 4.79 Å². The Balaban J connectivity index is 2.46. The monoisotopic (exact) mass is 356 g/mol. The van der Waals surface area contributed by atoms with Crippen molar-refractivity contribution in [2.75, 3.05) is 6.26 Å². The number of rotatable bonds is 5. The molecule has 2 rings (SSSR count). The molecule has 0 N–H and O–H groups in total. The van der Waals surface area contributed by atoms with E-state index in [4.69, 9.17) is 0 Å². The molecule has 0 aromatic heterocycles. The quantitative estimate of drug-likeness (QED) is 0.339. The zero-order chi connectivity index (χ0) is 17.9. The molecule has 0 saturated carbocycles. The molecule has 2 aromatic carbocycles. The SMILES string of the molecule is CSc1ccc(C(=O)C(C(=O)C(F)(F)F)c2ccc(F)cc2)cc1. The summed E-state index contributed by atoms with van der Waals surface area (Å²) >= 11 is 1.41. The molecule has 2 aromatic rings. The Morgan fingerprint density at radius 3 is 1.96 bits per heavy atom. The van der Waals surface area contributed by atoms with Crippen molar-refractivity contribution in [1.82, 2.24) is 0 Å². The van der Waals surface area contributed by atoms with Crippen LogP contribution in [0.1, 0.15) is 21.8 Å². The predicted molar refractivity (Wildman–Crippen MR) is 82.8 cm³/mol. The van der Waals surface area contributed by atoms with Crippen LogP contribution in [0.3, 0.4) is 0 Å². The summed E-state index contributed by atoms with van der Waals surface area (Å²) in [7, 11) is 0. The summed E-state index contributed by atoms with van der Waals surface area (Å²) in [6, 6.07) is 9.75. The van der Waals surface area contributed by atoms with Gasteiger partial charge in [0.15, 0.2) is 5.78 Å². The molecule has 0 bridgehead atoms. The molecule has 24 heavy (non-hydrogen) atoms. The molecule has 126 valence electrons. The summed E-state index contributed by atoms with van der Waals surface area (Å²) < 4.78 is 51.6. The maximum atomic E-state index is 13.0. The van der Waals surface area contributed by atoms with Crippen LogP contribution in [0.15, 0.2) is 53.4 Å². The molecule has 0 radical (unpaired) electrons. The third-order valence-electron chi connectivity index (χ3n) is 3.38. The van der Waals surface area contributed by atoms with E-state index in [0.29, 0.717) is 0 Å². The lowest BCUT2D eigenvalue weighted by Gasteiger charge is -2.17. The molecule has 0 aliphatic heterocycles. The van der Waals surface area contributed by atoms with Crippen LogP contribution in [0.5, 0.6) is 0 Å².